The number of rotatable bonds is 3. The Bertz CT molecular complexity index is 310. The summed E-state index contributed by atoms with van der Waals surface area (Å²) in [6.45, 7) is 1.25. The third kappa shape index (κ3) is 2.12. The summed E-state index contributed by atoms with van der Waals surface area (Å²) in [5, 5.41) is 2.74. The lowest BCUT2D eigenvalue weighted by molar-refractivity contribution is -0.129. The zero-order chi connectivity index (χ0) is 9.80. The maximum absolute atomic E-state index is 11.2. The van der Waals surface area contributed by atoms with Crippen molar-refractivity contribution in [2.75, 3.05) is 6.54 Å². The molecule has 1 aliphatic rings. The molecule has 74 valence electrons. The van der Waals surface area contributed by atoms with Gasteiger partial charge in [0.15, 0.2) is 0 Å². The number of nitrogens with one attached hydrogen (secondary N) is 1. The highest BCUT2D eigenvalue weighted by atomic mass is 16.5. The smallest absolute Gasteiger partial charge is 0.249 e. The lowest BCUT2D eigenvalue weighted by atomic mass is 10.2. The Kier molecular flexibility index (Phi) is 2.79. The average Bonchev–Trinajstić information content (AvgIpc) is 2.63. The van der Waals surface area contributed by atoms with E-state index in [1.807, 2.05) is 30.3 Å². The molecule has 3 heteroatoms. The van der Waals surface area contributed by atoms with Gasteiger partial charge in [-0.2, -0.15) is 0 Å². The fourth-order valence-electron chi connectivity index (χ4n) is 1.50. The number of carbonyl (C=O) groups excluding carboxylic acids is 1. The van der Waals surface area contributed by atoms with Gasteiger partial charge in [0, 0.05) is 6.54 Å². The van der Waals surface area contributed by atoms with Crippen molar-refractivity contribution in [1.82, 2.24) is 5.32 Å². The Morgan fingerprint density at radius 3 is 2.79 bits per heavy atom. The van der Waals surface area contributed by atoms with Gasteiger partial charge in [-0.05, 0) is 12.0 Å². The SMILES string of the molecule is O=C1NCC[C@H]1OCc1ccccc1. The Morgan fingerprint density at radius 1 is 1.36 bits per heavy atom. The molecular weight excluding hydrogens is 178 g/mol. The van der Waals surface area contributed by atoms with Crippen LogP contribution in [-0.4, -0.2) is 18.6 Å². The third-order valence-electron chi connectivity index (χ3n) is 2.29. The number of benzene rings is 1. The molecule has 0 spiro atoms. The molecule has 1 aromatic rings. The van der Waals surface area contributed by atoms with Crippen LogP contribution in [0.1, 0.15) is 12.0 Å². The van der Waals surface area contributed by atoms with E-state index in [0.29, 0.717) is 6.61 Å². The van der Waals surface area contributed by atoms with Gasteiger partial charge < -0.3 is 10.1 Å². The van der Waals surface area contributed by atoms with Gasteiger partial charge in [-0.3, -0.25) is 4.79 Å². The van der Waals surface area contributed by atoms with E-state index >= 15 is 0 Å². The standard InChI is InChI=1S/C11H13NO2/c13-11-10(6-7-12-11)14-8-9-4-2-1-3-5-9/h1-5,10H,6-8H2,(H,12,13)/t10-/m1/s1. The van der Waals surface area contributed by atoms with Crippen molar-refractivity contribution in [3.05, 3.63) is 35.9 Å². The number of amides is 1. The van der Waals surface area contributed by atoms with Gasteiger partial charge in [-0.1, -0.05) is 30.3 Å². The molecule has 1 heterocycles. The van der Waals surface area contributed by atoms with Crippen LogP contribution in [0.2, 0.25) is 0 Å². The van der Waals surface area contributed by atoms with Crippen molar-refractivity contribution in [2.45, 2.75) is 19.1 Å². The minimum atomic E-state index is -0.254. The van der Waals surface area contributed by atoms with E-state index in [-0.39, 0.29) is 12.0 Å². The molecule has 0 radical (unpaired) electrons. The van der Waals surface area contributed by atoms with Gasteiger partial charge >= 0.3 is 0 Å². The number of hydrogen-bond acceptors (Lipinski definition) is 2. The summed E-state index contributed by atoms with van der Waals surface area (Å²) >= 11 is 0. The van der Waals surface area contributed by atoms with Crippen LogP contribution in [0, 0.1) is 0 Å². The number of carbonyl (C=O) groups is 1. The van der Waals surface area contributed by atoms with Crippen molar-refractivity contribution in [1.29, 1.82) is 0 Å². The molecule has 2 rings (SSSR count). The van der Waals surface area contributed by atoms with E-state index < -0.39 is 0 Å². The van der Waals surface area contributed by atoms with Gasteiger partial charge in [0.25, 0.3) is 0 Å². The first-order valence-electron chi connectivity index (χ1n) is 4.79. The van der Waals surface area contributed by atoms with Crippen LogP contribution >= 0.6 is 0 Å². The van der Waals surface area contributed by atoms with Gasteiger partial charge in [0.1, 0.15) is 6.10 Å². The molecule has 3 nitrogen and oxygen atoms in total. The van der Waals surface area contributed by atoms with Crippen LogP contribution in [0.4, 0.5) is 0 Å². The maximum Gasteiger partial charge on any atom is 0.249 e. The van der Waals surface area contributed by atoms with E-state index in [2.05, 4.69) is 5.32 Å². The summed E-state index contributed by atoms with van der Waals surface area (Å²) in [5.74, 6) is 0.0148. The fourth-order valence-corrected chi connectivity index (χ4v) is 1.50. The molecule has 1 N–H and O–H groups in total. The highest BCUT2D eigenvalue weighted by Gasteiger charge is 2.24. The second-order valence-electron chi connectivity index (χ2n) is 3.36. The summed E-state index contributed by atoms with van der Waals surface area (Å²) in [5.41, 5.74) is 1.10. The summed E-state index contributed by atoms with van der Waals surface area (Å²) < 4.78 is 5.49. The number of ether oxygens (including phenoxy) is 1. The van der Waals surface area contributed by atoms with Gasteiger partial charge in [0.2, 0.25) is 5.91 Å². The molecular formula is C11H13NO2. The van der Waals surface area contributed by atoms with E-state index in [1.54, 1.807) is 0 Å². The summed E-state index contributed by atoms with van der Waals surface area (Å²) in [6.07, 6.45) is 0.529. The minimum absolute atomic E-state index is 0.0148. The first-order valence-corrected chi connectivity index (χ1v) is 4.79. The van der Waals surface area contributed by atoms with Crippen LogP contribution in [0.25, 0.3) is 0 Å². The largest absolute Gasteiger partial charge is 0.364 e. The molecule has 0 aliphatic carbocycles. The Balaban J connectivity index is 1.85. The first-order chi connectivity index (χ1) is 6.86. The zero-order valence-electron chi connectivity index (χ0n) is 7.90. The molecule has 0 saturated carbocycles. The summed E-state index contributed by atoms with van der Waals surface area (Å²) in [7, 11) is 0. The highest BCUT2D eigenvalue weighted by molar-refractivity contribution is 5.82. The number of hydrogen-bond donors (Lipinski definition) is 1. The molecule has 0 bridgehead atoms. The Morgan fingerprint density at radius 2 is 2.14 bits per heavy atom. The highest BCUT2D eigenvalue weighted by Crippen LogP contribution is 2.09. The second kappa shape index (κ2) is 4.24. The normalized spacial score (nSPS) is 20.9. The molecule has 1 aliphatic heterocycles. The molecule has 0 unspecified atom stereocenters. The average molecular weight is 191 g/mol. The zero-order valence-corrected chi connectivity index (χ0v) is 7.90. The molecule has 1 amide bonds. The second-order valence-corrected chi connectivity index (χ2v) is 3.36. The van der Waals surface area contributed by atoms with E-state index in [1.165, 1.54) is 0 Å². The van der Waals surface area contributed by atoms with Crippen molar-refractivity contribution >= 4 is 5.91 Å². The predicted octanol–water partition coefficient (Wildman–Crippen LogP) is 1.09. The van der Waals surface area contributed by atoms with Crippen molar-refractivity contribution in [3.8, 4) is 0 Å². The monoisotopic (exact) mass is 191 g/mol. The van der Waals surface area contributed by atoms with Crippen LogP contribution < -0.4 is 5.32 Å². The fraction of sp³-hybridized carbons (Fsp3) is 0.364. The molecule has 14 heavy (non-hydrogen) atoms. The molecule has 1 atom stereocenters. The lowest BCUT2D eigenvalue weighted by Crippen LogP contribution is -2.25. The summed E-state index contributed by atoms with van der Waals surface area (Å²) in [6, 6.07) is 9.88. The van der Waals surface area contributed by atoms with E-state index in [0.717, 1.165) is 18.5 Å². The van der Waals surface area contributed by atoms with Crippen molar-refractivity contribution in [2.24, 2.45) is 0 Å². The topological polar surface area (TPSA) is 38.3 Å². The van der Waals surface area contributed by atoms with E-state index in [4.69, 9.17) is 4.74 Å². The van der Waals surface area contributed by atoms with Gasteiger partial charge in [0.05, 0.1) is 6.61 Å². The van der Waals surface area contributed by atoms with Crippen LogP contribution in [0.5, 0.6) is 0 Å². The predicted molar refractivity (Wildman–Crippen MR) is 52.6 cm³/mol. The minimum Gasteiger partial charge on any atom is -0.364 e. The molecule has 0 aromatic heterocycles. The molecule has 1 fully saturated rings. The Labute approximate surface area is 83.1 Å². The van der Waals surface area contributed by atoms with Gasteiger partial charge in [-0.15, -0.1) is 0 Å². The van der Waals surface area contributed by atoms with Crippen LogP contribution in [0.15, 0.2) is 30.3 Å². The third-order valence-corrected chi connectivity index (χ3v) is 2.29. The maximum atomic E-state index is 11.2. The first kappa shape index (κ1) is 9.21. The Hall–Kier alpha value is -1.35. The van der Waals surface area contributed by atoms with Crippen LogP contribution in [-0.2, 0) is 16.1 Å². The lowest BCUT2D eigenvalue weighted by Gasteiger charge is -2.08. The van der Waals surface area contributed by atoms with Crippen molar-refractivity contribution in [3.63, 3.8) is 0 Å². The summed E-state index contributed by atoms with van der Waals surface area (Å²) in [4.78, 5) is 11.2. The molecule has 1 aromatic carbocycles. The van der Waals surface area contributed by atoms with E-state index in [9.17, 15) is 4.79 Å². The quantitative estimate of drug-likeness (QED) is 0.776. The van der Waals surface area contributed by atoms with Crippen molar-refractivity contribution < 1.29 is 9.53 Å². The van der Waals surface area contributed by atoms with Crippen LogP contribution in [0.3, 0.4) is 0 Å². The van der Waals surface area contributed by atoms with Gasteiger partial charge in [-0.25, -0.2) is 0 Å². The molecule has 1 saturated heterocycles.